The average molecular weight is 241 g/mol. The van der Waals surface area contributed by atoms with E-state index in [0.29, 0.717) is 19.7 Å². The van der Waals surface area contributed by atoms with Gasteiger partial charge in [-0.2, -0.15) is 0 Å². The second-order valence-corrected chi connectivity index (χ2v) is 4.96. The maximum Gasteiger partial charge on any atom is 0.155 e. The van der Waals surface area contributed by atoms with Crippen LogP contribution >= 0.6 is 0 Å². The quantitative estimate of drug-likeness (QED) is 0.748. The molecule has 0 spiro atoms. The summed E-state index contributed by atoms with van der Waals surface area (Å²) in [6.45, 7) is 1.78. The van der Waals surface area contributed by atoms with Crippen molar-refractivity contribution < 1.29 is 13.5 Å². The van der Waals surface area contributed by atoms with Gasteiger partial charge in [0.25, 0.3) is 0 Å². The van der Waals surface area contributed by atoms with E-state index < -0.39 is 16.7 Å². The van der Waals surface area contributed by atoms with E-state index in [1.807, 2.05) is 30.3 Å². The highest BCUT2D eigenvalue weighted by Crippen LogP contribution is 2.20. The number of rotatable bonds is 5. The van der Waals surface area contributed by atoms with Gasteiger partial charge in [-0.05, 0) is 5.56 Å². The van der Waals surface area contributed by atoms with Crippen molar-refractivity contribution in [1.82, 2.24) is 5.32 Å². The van der Waals surface area contributed by atoms with Gasteiger partial charge in [0.15, 0.2) is 11.1 Å². The summed E-state index contributed by atoms with van der Waals surface area (Å²) in [7, 11) is 0. The molecule has 0 aromatic heterocycles. The summed E-state index contributed by atoms with van der Waals surface area (Å²) in [6, 6.07) is 9.82. The van der Waals surface area contributed by atoms with Gasteiger partial charge >= 0.3 is 0 Å². The monoisotopic (exact) mass is 241 g/mol. The molecule has 1 heterocycles. The molecule has 0 bridgehead atoms. The summed E-state index contributed by atoms with van der Waals surface area (Å²) in [4.78, 5) is 0. The molecule has 0 aliphatic carbocycles. The number of ether oxygens (including phenoxy) is 1. The van der Waals surface area contributed by atoms with E-state index in [2.05, 4.69) is 5.32 Å². The standard InChI is InChI=1S/C11H15NO3S/c13-16(14)9-11(7-12-8-11)15-6-10-4-2-1-3-5-10/h1-5,12H,6-9H2,(H,13,14). The van der Waals surface area contributed by atoms with Crippen LogP contribution in [0.5, 0.6) is 0 Å². The summed E-state index contributed by atoms with van der Waals surface area (Å²) in [6.07, 6.45) is 0. The Morgan fingerprint density at radius 1 is 1.38 bits per heavy atom. The van der Waals surface area contributed by atoms with Gasteiger partial charge in [0.2, 0.25) is 0 Å². The van der Waals surface area contributed by atoms with Gasteiger partial charge in [0, 0.05) is 13.1 Å². The fourth-order valence-electron chi connectivity index (χ4n) is 1.69. The van der Waals surface area contributed by atoms with Crippen LogP contribution in [0.1, 0.15) is 5.56 Å². The van der Waals surface area contributed by atoms with Crippen LogP contribution in [-0.2, 0) is 22.4 Å². The van der Waals surface area contributed by atoms with Crippen molar-refractivity contribution in [3.63, 3.8) is 0 Å². The zero-order valence-corrected chi connectivity index (χ0v) is 9.70. The van der Waals surface area contributed by atoms with E-state index >= 15 is 0 Å². The first-order valence-electron chi connectivity index (χ1n) is 5.16. The second-order valence-electron chi connectivity index (χ2n) is 4.03. The first-order valence-corrected chi connectivity index (χ1v) is 6.44. The van der Waals surface area contributed by atoms with Crippen LogP contribution in [0, 0.1) is 0 Å². The van der Waals surface area contributed by atoms with E-state index in [1.54, 1.807) is 0 Å². The predicted molar refractivity (Wildman–Crippen MR) is 62.5 cm³/mol. The normalized spacial score (nSPS) is 20.1. The Balaban J connectivity index is 1.90. The molecule has 5 heteroatoms. The first-order chi connectivity index (χ1) is 7.70. The SMILES string of the molecule is O=S(O)CC1(OCc2ccccc2)CNC1. The highest BCUT2D eigenvalue weighted by molar-refractivity contribution is 7.79. The molecule has 1 aliphatic rings. The third-order valence-electron chi connectivity index (χ3n) is 2.67. The summed E-state index contributed by atoms with van der Waals surface area (Å²) >= 11 is -1.81. The van der Waals surface area contributed by atoms with Gasteiger partial charge in [-0.25, -0.2) is 4.21 Å². The Hall–Kier alpha value is -0.750. The van der Waals surface area contributed by atoms with Crippen molar-refractivity contribution >= 4 is 11.1 Å². The van der Waals surface area contributed by atoms with Gasteiger partial charge in [0.05, 0.1) is 12.4 Å². The fraction of sp³-hybridized carbons (Fsp3) is 0.455. The van der Waals surface area contributed by atoms with Crippen LogP contribution in [0.15, 0.2) is 30.3 Å². The molecule has 1 unspecified atom stereocenters. The van der Waals surface area contributed by atoms with Crippen LogP contribution in [-0.4, -0.2) is 33.2 Å². The molecule has 1 aliphatic heterocycles. The fourth-order valence-corrected chi connectivity index (χ4v) is 2.42. The molecule has 0 amide bonds. The average Bonchev–Trinajstić information content (AvgIpc) is 2.23. The Labute approximate surface area is 97.3 Å². The van der Waals surface area contributed by atoms with Gasteiger partial charge < -0.3 is 14.6 Å². The molecule has 1 aromatic carbocycles. The summed E-state index contributed by atoms with van der Waals surface area (Å²) in [5.74, 6) is 0.173. The molecule has 1 atom stereocenters. The number of hydrogen-bond acceptors (Lipinski definition) is 3. The molecule has 4 nitrogen and oxygen atoms in total. The summed E-state index contributed by atoms with van der Waals surface area (Å²) in [5, 5.41) is 3.07. The van der Waals surface area contributed by atoms with Crippen LogP contribution in [0.2, 0.25) is 0 Å². The van der Waals surface area contributed by atoms with Gasteiger partial charge in [-0.15, -0.1) is 0 Å². The minimum atomic E-state index is -1.81. The van der Waals surface area contributed by atoms with E-state index in [4.69, 9.17) is 9.29 Å². The van der Waals surface area contributed by atoms with E-state index in [-0.39, 0.29) is 5.75 Å². The number of benzene rings is 1. The van der Waals surface area contributed by atoms with Crippen molar-refractivity contribution in [1.29, 1.82) is 0 Å². The van der Waals surface area contributed by atoms with Crippen LogP contribution in [0.25, 0.3) is 0 Å². The van der Waals surface area contributed by atoms with E-state index in [0.717, 1.165) is 5.56 Å². The third-order valence-corrected chi connectivity index (χ3v) is 3.44. The molecular weight excluding hydrogens is 226 g/mol. The largest absolute Gasteiger partial charge is 0.367 e. The molecule has 1 aromatic rings. The molecule has 2 N–H and O–H groups in total. The Bertz CT molecular complexity index is 365. The smallest absolute Gasteiger partial charge is 0.155 e. The maximum atomic E-state index is 10.8. The lowest BCUT2D eigenvalue weighted by Gasteiger charge is -2.41. The van der Waals surface area contributed by atoms with Crippen molar-refractivity contribution in [2.45, 2.75) is 12.2 Å². The van der Waals surface area contributed by atoms with Crippen molar-refractivity contribution in [2.24, 2.45) is 0 Å². The van der Waals surface area contributed by atoms with Gasteiger partial charge in [-0.3, -0.25) is 0 Å². The van der Waals surface area contributed by atoms with Crippen LogP contribution in [0.4, 0.5) is 0 Å². The van der Waals surface area contributed by atoms with E-state index in [1.165, 1.54) is 0 Å². The zero-order chi connectivity index (χ0) is 11.4. The minimum absolute atomic E-state index is 0.173. The zero-order valence-electron chi connectivity index (χ0n) is 8.89. The molecular formula is C11H15NO3S. The highest BCUT2D eigenvalue weighted by Gasteiger charge is 2.39. The lowest BCUT2D eigenvalue weighted by atomic mass is 9.99. The lowest BCUT2D eigenvalue weighted by molar-refractivity contribution is -0.0741. The Morgan fingerprint density at radius 2 is 2.06 bits per heavy atom. The Kier molecular flexibility index (Phi) is 3.70. The molecule has 0 saturated carbocycles. The van der Waals surface area contributed by atoms with Crippen molar-refractivity contribution in [2.75, 3.05) is 18.8 Å². The molecule has 16 heavy (non-hydrogen) atoms. The topological polar surface area (TPSA) is 58.6 Å². The van der Waals surface area contributed by atoms with Crippen LogP contribution in [0.3, 0.4) is 0 Å². The molecule has 88 valence electrons. The number of nitrogens with one attached hydrogen (secondary N) is 1. The lowest BCUT2D eigenvalue weighted by Crippen LogP contribution is -2.63. The van der Waals surface area contributed by atoms with Crippen LogP contribution < -0.4 is 5.32 Å². The summed E-state index contributed by atoms with van der Waals surface area (Å²) < 4.78 is 25.5. The number of hydrogen-bond donors (Lipinski definition) is 2. The highest BCUT2D eigenvalue weighted by atomic mass is 32.2. The maximum absolute atomic E-state index is 10.8. The van der Waals surface area contributed by atoms with E-state index in [9.17, 15) is 4.21 Å². The molecule has 1 fully saturated rings. The second kappa shape index (κ2) is 5.05. The molecule has 0 radical (unpaired) electrons. The third kappa shape index (κ3) is 2.89. The van der Waals surface area contributed by atoms with Crippen molar-refractivity contribution in [3.8, 4) is 0 Å². The van der Waals surface area contributed by atoms with Crippen molar-refractivity contribution in [3.05, 3.63) is 35.9 Å². The Morgan fingerprint density at radius 3 is 2.56 bits per heavy atom. The molecule has 2 rings (SSSR count). The van der Waals surface area contributed by atoms with Gasteiger partial charge in [0.1, 0.15) is 5.60 Å². The molecule has 1 saturated heterocycles. The van der Waals surface area contributed by atoms with Gasteiger partial charge in [-0.1, -0.05) is 30.3 Å². The predicted octanol–water partition coefficient (Wildman–Crippen LogP) is 0.767. The minimum Gasteiger partial charge on any atom is -0.367 e. The summed E-state index contributed by atoms with van der Waals surface area (Å²) in [5.41, 5.74) is 0.618. The first kappa shape index (κ1) is 11.7.